The maximum Gasteiger partial charge on any atom is 0.361 e. The topological polar surface area (TPSA) is 66.2 Å². The molecular weight excluding hydrogens is 246 g/mol. The van der Waals surface area contributed by atoms with Crippen LogP contribution in [0.1, 0.15) is 37.0 Å². The number of carbonyl (C=O) groups is 1. The van der Waals surface area contributed by atoms with Crippen LogP contribution in [0.4, 0.5) is 0 Å². The molecule has 1 aromatic rings. The fraction of sp³-hybridized carbons (Fsp3) is 0.615. The third-order valence-corrected chi connectivity index (χ3v) is 2.35. The van der Waals surface area contributed by atoms with E-state index in [1.54, 1.807) is 11.6 Å². The molecule has 0 saturated carbocycles. The number of nitrogens with zero attached hydrogens (tertiary/aromatic N) is 3. The molecule has 0 aliphatic heterocycles. The average molecular weight is 267 g/mol. The van der Waals surface area contributed by atoms with Gasteiger partial charge in [0.25, 0.3) is 0 Å². The van der Waals surface area contributed by atoms with Gasteiger partial charge in [0.05, 0.1) is 24.4 Å². The number of aromatic nitrogens is 3. The lowest BCUT2D eigenvalue weighted by Gasteiger charge is -2.19. The zero-order valence-corrected chi connectivity index (χ0v) is 12.0. The fourth-order valence-electron chi connectivity index (χ4n) is 1.40. The number of hydrogen-bond acceptors (Lipinski definition) is 5. The summed E-state index contributed by atoms with van der Waals surface area (Å²) in [6.45, 7) is 12.4. The van der Waals surface area contributed by atoms with Gasteiger partial charge in [0.15, 0.2) is 5.69 Å². The minimum Gasteiger partial charge on any atom is -0.457 e. The third kappa shape index (κ3) is 4.82. The van der Waals surface area contributed by atoms with E-state index in [1.807, 2.05) is 20.8 Å². The van der Waals surface area contributed by atoms with Gasteiger partial charge in [0, 0.05) is 0 Å². The molecule has 0 saturated heterocycles. The monoisotopic (exact) mass is 267 g/mol. The van der Waals surface area contributed by atoms with Gasteiger partial charge < -0.3 is 9.47 Å². The van der Waals surface area contributed by atoms with Crippen molar-refractivity contribution in [3.05, 3.63) is 24.0 Å². The summed E-state index contributed by atoms with van der Waals surface area (Å²) in [6.07, 6.45) is 1.51. The summed E-state index contributed by atoms with van der Waals surface area (Å²) in [4.78, 5) is 11.7. The van der Waals surface area contributed by atoms with E-state index in [0.717, 1.165) is 0 Å². The van der Waals surface area contributed by atoms with Gasteiger partial charge >= 0.3 is 5.97 Å². The lowest BCUT2D eigenvalue weighted by atomic mass is 10.2. The van der Waals surface area contributed by atoms with E-state index in [-0.39, 0.29) is 17.9 Å². The maximum atomic E-state index is 11.7. The predicted molar refractivity (Wildman–Crippen MR) is 70.9 cm³/mol. The van der Waals surface area contributed by atoms with Crippen molar-refractivity contribution < 1.29 is 14.3 Å². The molecule has 0 N–H and O–H groups in total. The Bertz CT molecular complexity index is 446. The Labute approximate surface area is 113 Å². The van der Waals surface area contributed by atoms with Gasteiger partial charge in [0.2, 0.25) is 0 Å². The van der Waals surface area contributed by atoms with Crippen LogP contribution >= 0.6 is 0 Å². The van der Waals surface area contributed by atoms with Crippen molar-refractivity contribution in [3.63, 3.8) is 0 Å². The molecule has 0 unspecified atom stereocenters. The molecule has 6 nitrogen and oxygen atoms in total. The quantitative estimate of drug-likeness (QED) is 0.580. The molecule has 0 amide bonds. The number of rotatable bonds is 6. The minimum atomic E-state index is -0.486. The normalized spacial score (nSPS) is 11.4. The summed E-state index contributed by atoms with van der Waals surface area (Å²) in [5.41, 5.74) is 0.712. The molecule has 1 rings (SSSR count). The first-order valence-corrected chi connectivity index (χ1v) is 6.17. The highest BCUT2D eigenvalue weighted by Crippen LogP contribution is 2.09. The second-order valence-corrected chi connectivity index (χ2v) is 5.09. The van der Waals surface area contributed by atoms with Crippen molar-refractivity contribution in [1.82, 2.24) is 15.0 Å². The smallest absolute Gasteiger partial charge is 0.361 e. The number of carbonyl (C=O) groups excluding carboxylic acids is 1. The number of hydrogen-bond donors (Lipinski definition) is 0. The Hall–Kier alpha value is -1.69. The molecule has 0 atom stereocenters. The van der Waals surface area contributed by atoms with E-state index in [2.05, 4.69) is 16.9 Å². The molecule has 1 heterocycles. The van der Waals surface area contributed by atoms with Gasteiger partial charge in [0.1, 0.15) is 6.61 Å². The highest BCUT2D eigenvalue weighted by molar-refractivity contribution is 5.88. The van der Waals surface area contributed by atoms with Crippen LogP contribution in [0.3, 0.4) is 0 Å². The molecule has 0 aromatic carbocycles. The molecule has 106 valence electrons. The van der Waals surface area contributed by atoms with Crippen LogP contribution in [-0.4, -0.2) is 39.8 Å². The lowest BCUT2D eigenvalue weighted by Crippen LogP contribution is -2.22. The SMILES string of the molecule is C=CCOC(=O)c1nnn(CCOC(C)(C)C)c1C. The summed E-state index contributed by atoms with van der Waals surface area (Å²) < 4.78 is 12.2. The second-order valence-electron chi connectivity index (χ2n) is 5.09. The van der Waals surface area contributed by atoms with Crippen molar-refractivity contribution in [2.24, 2.45) is 0 Å². The van der Waals surface area contributed by atoms with Crippen LogP contribution < -0.4 is 0 Å². The van der Waals surface area contributed by atoms with Crippen molar-refractivity contribution in [3.8, 4) is 0 Å². The maximum absolute atomic E-state index is 11.7. The van der Waals surface area contributed by atoms with E-state index in [1.165, 1.54) is 6.08 Å². The summed E-state index contributed by atoms with van der Waals surface area (Å²) in [6, 6.07) is 0. The fourth-order valence-corrected chi connectivity index (χ4v) is 1.40. The Balaban J connectivity index is 2.60. The van der Waals surface area contributed by atoms with Crippen molar-refractivity contribution >= 4 is 5.97 Å². The summed E-state index contributed by atoms with van der Waals surface area (Å²) in [5.74, 6) is -0.486. The standard InChI is InChI=1S/C13H21N3O3/c1-6-8-18-12(17)11-10(2)16(15-14-11)7-9-19-13(3,4)5/h6H,1,7-9H2,2-5H3. The minimum absolute atomic E-state index is 0.165. The van der Waals surface area contributed by atoms with Crippen LogP contribution in [0.5, 0.6) is 0 Å². The zero-order valence-electron chi connectivity index (χ0n) is 12.0. The highest BCUT2D eigenvalue weighted by Gasteiger charge is 2.18. The molecule has 0 aliphatic carbocycles. The molecule has 0 spiro atoms. The second kappa shape index (κ2) is 6.47. The van der Waals surface area contributed by atoms with E-state index in [9.17, 15) is 4.79 Å². The first kappa shape index (κ1) is 15.4. The Morgan fingerprint density at radius 2 is 2.16 bits per heavy atom. The van der Waals surface area contributed by atoms with Crippen LogP contribution in [0.25, 0.3) is 0 Å². The summed E-state index contributed by atoms with van der Waals surface area (Å²) in [7, 11) is 0. The lowest BCUT2D eigenvalue weighted by molar-refractivity contribution is -0.00826. The molecular formula is C13H21N3O3. The molecule has 0 aliphatic rings. The molecule has 0 bridgehead atoms. The third-order valence-electron chi connectivity index (χ3n) is 2.35. The predicted octanol–water partition coefficient (Wildman–Crippen LogP) is 1.74. The van der Waals surface area contributed by atoms with Gasteiger partial charge in [-0.25, -0.2) is 9.48 Å². The van der Waals surface area contributed by atoms with Crippen LogP contribution in [-0.2, 0) is 16.0 Å². The van der Waals surface area contributed by atoms with Crippen molar-refractivity contribution in [2.75, 3.05) is 13.2 Å². The summed E-state index contributed by atoms with van der Waals surface area (Å²) in [5, 5.41) is 7.76. The molecule has 1 aromatic heterocycles. The van der Waals surface area contributed by atoms with Gasteiger partial charge in [-0.2, -0.15) is 0 Å². The van der Waals surface area contributed by atoms with Crippen LogP contribution in [0.2, 0.25) is 0 Å². The van der Waals surface area contributed by atoms with Gasteiger partial charge in [-0.1, -0.05) is 17.9 Å². The Kier molecular flexibility index (Phi) is 5.23. The molecule has 0 radical (unpaired) electrons. The van der Waals surface area contributed by atoms with Crippen LogP contribution in [0, 0.1) is 6.92 Å². The van der Waals surface area contributed by atoms with Gasteiger partial charge in [-0.05, 0) is 27.7 Å². The van der Waals surface area contributed by atoms with Gasteiger partial charge in [-0.15, -0.1) is 5.10 Å². The Morgan fingerprint density at radius 3 is 2.74 bits per heavy atom. The van der Waals surface area contributed by atoms with Crippen LogP contribution in [0.15, 0.2) is 12.7 Å². The van der Waals surface area contributed by atoms with Gasteiger partial charge in [-0.3, -0.25) is 0 Å². The number of ether oxygens (including phenoxy) is 2. The molecule has 0 fully saturated rings. The average Bonchev–Trinajstić information content (AvgIpc) is 2.67. The summed E-state index contributed by atoms with van der Waals surface area (Å²) >= 11 is 0. The van der Waals surface area contributed by atoms with E-state index in [0.29, 0.717) is 18.8 Å². The van der Waals surface area contributed by atoms with Crippen molar-refractivity contribution in [2.45, 2.75) is 39.8 Å². The molecule has 6 heteroatoms. The Morgan fingerprint density at radius 1 is 1.47 bits per heavy atom. The number of esters is 1. The van der Waals surface area contributed by atoms with E-state index >= 15 is 0 Å². The highest BCUT2D eigenvalue weighted by atomic mass is 16.5. The largest absolute Gasteiger partial charge is 0.457 e. The molecule has 19 heavy (non-hydrogen) atoms. The van der Waals surface area contributed by atoms with E-state index < -0.39 is 5.97 Å². The first-order valence-electron chi connectivity index (χ1n) is 6.17. The zero-order chi connectivity index (χ0) is 14.5. The first-order chi connectivity index (χ1) is 8.85. The van der Waals surface area contributed by atoms with E-state index in [4.69, 9.17) is 9.47 Å². The van der Waals surface area contributed by atoms with Crippen molar-refractivity contribution in [1.29, 1.82) is 0 Å².